The van der Waals surface area contributed by atoms with Crippen LogP contribution in [0.25, 0.3) is 0 Å². The van der Waals surface area contributed by atoms with Crippen molar-refractivity contribution in [3.8, 4) is 5.75 Å². The molecule has 73 heavy (non-hydrogen) atoms. The van der Waals surface area contributed by atoms with E-state index < -0.39 is 164 Å². The van der Waals surface area contributed by atoms with Gasteiger partial charge in [0.15, 0.2) is 6.29 Å². The van der Waals surface area contributed by atoms with Gasteiger partial charge in [0, 0.05) is 6.42 Å². The van der Waals surface area contributed by atoms with Gasteiger partial charge in [-0.1, -0.05) is 70.2 Å². The number of aliphatic carboxylic acids is 1. The molecule has 0 spiro atoms. The molecule has 0 unspecified atom stereocenters. The van der Waals surface area contributed by atoms with E-state index in [9.17, 15) is 73.8 Å². The van der Waals surface area contributed by atoms with E-state index in [0.717, 1.165) is 0 Å². The largest absolute Gasteiger partial charge is 0.508 e. The highest BCUT2D eigenvalue weighted by Crippen LogP contribution is 2.24. The van der Waals surface area contributed by atoms with Crippen LogP contribution in [0.5, 0.6) is 5.75 Å². The third-order valence-corrected chi connectivity index (χ3v) is 11.6. The van der Waals surface area contributed by atoms with Gasteiger partial charge in [-0.15, -0.1) is 0 Å². The van der Waals surface area contributed by atoms with E-state index in [-0.39, 0.29) is 18.6 Å². The lowest BCUT2D eigenvalue weighted by Gasteiger charge is -2.41. The fourth-order valence-corrected chi connectivity index (χ4v) is 7.34. The van der Waals surface area contributed by atoms with Crippen LogP contribution in [0, 0.1) is 11.8 Å². The van der Waals surface area contributed by atoms with Crippen LogP contribution in [-0.4, -0.2) is 176 Å². The summed E-state index contributed by atoms with van der Waals surface area (Å²) in [6, 6.07) is 3.98. The van der Waals surface area contributed by atoms with Crippen LogP contribution in [0.15, 0.2) is 54.6 Å². The lowest BCUT2D eigenvalue weighted by Crippen LogP contribution is -2.63. The van der Waals surface area contributed by atoms with E-state index in [1.807, 2.05) is 0 Å². The van der Waals surface area contributed by atoms with Gasteiger partial charge in [-0.3, -0.25) is 43.2 Å². The number of ether oxygens (including phenoxy) is 2. The standard InChI is InChI=1S/C47H69N9O17/c1-21(2)34(45(70)55-35(22(3)4)46(71)56-36(44(69)50-19-32(49)59)24(6)72-47-39(64)38(63)37(62)31(20-57)73-47)54-43(68)30(18-33(60)61)53-42(67)29(17-25-10-8-7-9-11-25)52-40(65)23(5)51-41(66)28(48)16-26-12-14-27(58)15-13-26/h7-15,21-24,28-31,34-39,47,57-58,62-64H,16-20,48H2,1-6H3,(H2,49,59)(H,50,69)(H,51,66)(H,52,65)(H,53,67)(H,54,68)(H,55,70)(H,56,71)(H,60,61)/t23-,24-,28+,29+,30+,31-,34+,35+,36+,37-,38+,39-,47-/m1/s1. The number of carboxylic acid groups (broad SMARTS) is 1. The Hall–Kier alpha value is -6.81. The minimum absolute atomic E-state index is 0.0146. The maximum absolute atomic E-state index is 14.0. The Morgan fingerprint density at radius 1 is 0.616 bits per heavy atom. The Morgan fingerprint density at radius 3 is 1.67 bits per heavy atom. The van der Waals surface area contributed by atoms with Crippen molar-refractivity contribution in [2.24, 2.45) is 23.3 Å². The number of carbonyl (C=O) groups excluding carboxylic acids is 8. The monoisotopic (exact) mass is 1030 g/mol. The summed E-state index contributed by atoms with van der Waals surface area (Å²) in [5.74, 6) is -10.7. The Morgan fingerprint density at radius 2 is 1.14 bits per heavy atom. The molecule has 0 saturated carbocycles. The van der Waals surface area contributed by atoms with Gasteiger partial charge in [-0.2, -0.15) is 0 Å². The van der Waals surface area contributed by atoms with Crippen LogP contribution < -0.4 is 48.7 Å². The van der Waals surface area contributed by atoms with Gasteiger partial charge >= 0.3 is 5.97 Å². The summed E-state index contributed by atoms with van der Waals surface area (Å²) < 4.78 is 11.0. The first-order chi connectivity index (χ1) is 34.2. The first kappa shape index (κ1) is 60.5. The maximum atomic E-state index is 14.0. The molecule has 26 nitrogen and oxygen atoms in total. The number of nitrogens with two attached hydrogens (primary N) is 2. The maximum Gasteiger partial charge on any atom is 0.305 e. The quantitative estimate of drug-likeness (QED) is 0.0398. The van der Waals surface area contributed by atoms with E-state index >= 15 is 0 Å². The van der Waals surface area contributed by atoms with Crippen molar-refractivity contribution in [1.82, 2.24) is 37.2 Å². The summed E-state index contributed by atoms with van der Waals surface area (Å²) in [7, 11) is 0. The number of carbonyl (C=O) groups is 9. The zero-order chi connectivity index (χ0) is 54.9. The van der Waals surface area contributed by atoms with E-state index in [0.29, 0.717) is 11.1 Å². The molecule has 2 aromatic rings. The number of aliphatic hydroxyl groups excluding tert-OH is 4. The normalized spacial score (nSPS) is 20.9. The SMILES string of the molecule is CC(C)[C@H](NC(=O)[C@H](CC(=O)O)NC(=O)[C@H](Cc1ccccc1)NC(=O)[C@@H](C)NC(=O)[C@@H](N)Cc1ccc(O)cc1)C(=O)N[C@H](C(=O)N[C@H](C(=O)NCC(N)=O)[C@@H](C)O[C@@H]1O[C@H](CO)[C@@H](O)[C@H](O)[C@H]1O)C(C)C. The van der Waals surface area contributed by atoms with E-state index in [1.165, 1.54) is 53.7 Å². The van der Waals surface area contributed by atoms with E-state index in [1.54, 1.807) is 42.5 Å². The lowest BCUT2D eigenvalue weighted by atomic mass is 9.98. The molecule has 17 N–H and O–H groups in total. The molecule has 1 aliphatic rings. The molecule has 1 heterocycles. The Bertz CT molecular complexity index is 2220. The molecule has 2 aromatic carbocycles. The van der Waals surface area contributed by atoms with E-state index in [4.69, 9.17) is 20.9 Å². The molecule has 13 atom stereocenters. The minimum atomic E-state index is -1.90. The number of aliphatic hydroxyl groups is 4. The summed E-state index contributed by atoms with van der Waals surface area (Å²) in [5, 5.41) is 76.9. The average Bonchev–Trinajstić information content (AvgIpc) is 3.33. The third-order valence-electron chi connectivity index (χ3n) is 11.6. The highest BCUT2D eigenvalue weighted by atomic mass is 16.7. The van der Waals surface area contributed by atoms with Crippen LogP contribution in [0.3, 0.4) is 0 Å². The van der Waals surface area contributed by atoms with Crippen molar-refractivity contribution in [3.63, 3.8) is 0 Å². The smallest absolute Gasteiger partial charge is 0.305 e. The van der Waals surface area contributed by atoms with Crippen molar-refractivity contribution in [2.75, 3.05) is 13.2 Å². The van der Waals surface area contributed by atoms with Crippen molar-refractivity contribution in [3.05, 3.63) is 65.7 Å². The highest BCUT2D eigenvalue weighted by Gasteiger charge is 2.46. The van der Waals surface area contributed by atoms with Crippen LogP contribution in [0.2, 0.25) is 0 Å². The topological polar surface area (TPSA) is 430 Å². The predicted octanol–water partition coefficient (Wildman–Crippen LogP) is -4.97. The predicted molar refractivity (Wildman–Crippen MR) is 256 cm³/mol. The number of benzene rings is 2. The number of carboxylic acids is 1. The molecule has 0 bridgehead atoms. The number of rotatable bonds is 27. The third kappa shape index (κ3) is 18.6. The van der Waals surface area contributed by atoms with Crippen molar-refractivity contribution in [1.29, 1.82) is 0 Å². The Balaban J connectivity index is 1.81. The average molecular weight is 1030 g/mol. The number of phenols is 1. The van der Waals surface area contributed by atoms with Crippen LogP contribution >= 0.6 is 0 Å². The second-order valence-electron chi connectivity index (χ2n) is 18.3. The summed E-state index contributed by atoms with van der Waals surface area (Å²) in [5.41, 5.74) is 12.4. The van der Waals surface area contributed by atoms with Crippen LogP contribution in [-0.2, 0) is 65.5 Å². The number of hydrogen-bond donors (Lipinski definition) is 15. The summed E-state index contributed by atoms with van der Waals surface area (Å²) in [6.45, 7) is 7.17. The molecule has 0 aliphatic carbocycles. The molecule has 26 heteroatoms. The van der Waals surface area contributed by atoms with Crippen LogP contribution in [0.4, 0.5) is 0 Å². The lowest BCUT2D eigenvalue weighted by molar-refractivity contribution is -0.311. The number of hydrogen-bond acceptors (Lipinski definition) is 17. The van der Waals surface area contributed by atoms with Crippen molar-refractivity contribution < 1.29 is 83.3 Å². The van der Waals surface area contributed by atoms with E-state index in [2.05, 4.69) is 37.2 Å². The molecular formula is C47H69N9O17. The molecule has 0 aromatic heterocycles. The summed E-state index contributed by atoms with van der Waals surface area (Å²) in [4.78, 5) is 119. The highest BCUT2D eigenvalue weighted by molar-refractivity contribution is 5.98. The zero-order valence-corrected chi connectivity index (χ0v) is 41.2. The van der Waals surface area contributed by atoms with Gasteiger partial charge in [0.2, 0.25) is 47.3 Å². The van der Waals surface area contributed by atoms with Crippen LogP contribution in [0.1, 0.15) is 59.1 Å². The van der Waals surface area contributed by atoms with Crippen molar-refractivity contribution >= 4 is 53.2 Å². The molecule has 1 aliphatic heterocycles. The molecular weight excluding hydrogens is 963 g/mol. The Kier molecular flexibility index (Phi) is 23.6. The number of amides is 8. The summed E-state index contributed by atoms with van der Waals surface area (Å²) in [6.07, 6.45) is -11.2. The molecule has 1 fully saturated rings. The van der Waals surface area contributed by atoms with Crippen molar-refractivity contribution in [2.45, 2.75) is 140 Å². The van der Waals surface area contributed by atoms with Gasteiger partial charge in [-0.25, -0.2) is 0 Å². The van der Waals surface area contributed by atoms with Gasteiger partial charge in [0.05, 0.1) is 31.7 Å². The minimum Gasteiger partial charge on any atom is -0.508 e. The number of primary amides is 1. The Labute approximate surface area is 420 Å². The number of nitrogens with one attached hydrogen (secondary N) is 7. The van der Waals surface area contributed by atoms with Gasteiger partial charge in [0.1, 0.15) is 66.4 Å². The molecule has 8 amide bonds. The number of aromatic hydroxyl groups is 1. The fourth-order valence-electron chi connectivity index (χ4n) is 7.34. The molecule has 404 valence electrons. The second-order valence-corrected chi connectivity index (χ2v) is 18.3. The first-order valence-electron chi connectivity index (χ1n) is 23.4. The van der Waals surface area contributed by atoms with Gasteiger partial charge in [0.25, 0.3) is 0 Å². The molecule has 0 radical (unpaired) electrons. The van der Waals surface area contributed by atoms with Gasteiger partial charge < -0.3 is 88.8 Å². The first-order valence-corrected chi connectivity index (χ1v) is 23.4. The van der Waals surface area contributed by atoms with Gasteiger partial charge in [-0.05, 0) is 55.4 Å². The fraction of sp³-hybridized carbons (Fsp3) is 0.553. The summed E-state index contributed by atoms with van der Waals surface area (Å²) >= 11 is 0. The molecule has 1 saturated heterocycles. The second kappa shape index (κ2) is 28.4. The molecule has 3 rings (SSSR count). The number of phenolic OH excluding ortho intramolecular Hbond substituents is 1. The zero-order valence-electron chi connectivity index (χ0n) is 41.2.